The highest BCUT2D eigenvalue weighted by atomic mass is 35.5. The molecule has 1 fully saturated rings. The van der Waals surface area contributed by atoms with Crippen LogP contribution in [0.1, 0.15) is 59.4 Å². The Bertz CT molecular complexity index is 1380. The number of hydrogen-bond donors (Lipinski definition) is 0. The number of nitrogens with zero attached hydrogens (tertiary/aromatic N) is 2. The van der Waals surface area contributed by atoms with E-state index in [2.05, 4.69) is 0 Å². The Balaban J connectivity index is 1.63. The van der Waals surface area contributed by atoms with Gasteiger partial charge in [-0.3, -0.25) is 4.79 Å². The number of halogens is 5. The molecule has 1 amide bonds. The van der Waals surface area contributed by atoms with Crippen LogP contribution in [0.25, 0.3) is 10.9 Å². The van der Waals surface area contributed by atoms with Crippen LogP contribution in [0, 0.1) is 18.8 Å². The third-order valence-electron chi connectivity index (χ3n) is 7.49. The zero-order valence-electron chi connectivity index (χ0n) is 21.2. The van der Waals surface area contributed by atoms with E-state index in [-0.39, 0.29) is 35.0 Å². The molecular weight excluding hydrogens is 524 g/mol. The molecule has 2 heterocycles. The number of piperidine rings is 1. The molecule has 9 heteroatoms. The van der Waals surface area contributed by atoms with Crippen LogP contribution in [0.4, 0.5) is 13.2 Å². The molecule has 1 aliphatic heterocycles. The molecule has 1 aliphatic rings. The molecule has 1 aromatic heterocycles. The average molecular weight is 553 g/mol. The van der Waals surface area contributed by atoms with Gasteiger partial charge in [0.2, 0.25) is 0 Å². The molecule has 2 atom stereocenters. The monoisotopic (exact) mass is 552 g/mol. The van der Waals surface area contributed by atoms with Gasteiger partial charge in [0.05, 0.1) is 16.1 Å². The number of likely N-dealkylation sites (tertiary alicyclic amines) is 1. The van der Waals surface area contributed by atoms with E-state index in [1.807, 2.05) is 13.0 Å². The predicted octanol–water partition coefficient (Wildman–Crippen LogP) is 7.48. The summed E-state index contributed by atoms with van der Waals surface area (Å²) in [5.74, 6) is 0.400. The molecule has 0 saturated carbocycles. The van der Waals surface area contributed by atoms with Crippen LogP contribution < -0.4 is 0 Å². The van der Waals surface area contributed by atoms with Gasteiger partial charge in [0.15, 0.2) is 0 Å². The summed E-state index contributed by atoms with van der Waals surface area (Å²) in [6.45, 7) is 6.37. The highest BCUT2D eigenvalue weighted by molar-refractivity contribution is 6.38. The number of carbonyl (C=O) groups excluding carboxylic acids is 2. The van der Waals surface area contributed by atoms with Crippen molar-refractivity contribution < 1.29 is 22.8 Å². The van der Waals surface area contributed by atoms with E-state index in [1.54, 1.807) is 42.5 Å². The van der Waals surface area contributed by atoms with Crippen molar-refractivity contribution in [3.63, 3.8) is 0 Å². The fourth-order valence-electron chi connectivity index (χ4n) is 5.32. The van der Waals surface area contributed by atoms with E-state index in [4.69, 9.17) is 23.2 Å². The highest BCUT2D eigenvalue weighted by Gasteiger charge is 2.33. The summed E-state index contributed by atoms with van der Waals surface area (Å²) >= 11 is 13.2. The standard InChI is InChI=1S/C28H29Cl2F3N2O2/c1-15-9-19(28(31,32)33)11-25-22(15)12-20(34(25)4)13-23-24(29)6-5-21(26(23)30)27(37)35-8-7-18(10-17(3)36)16(2)14-35/h5-6,9,11-12,16,18H,7-8,10,13-14H2,1-4H3. The minimum atomic E-state index is -4.44. The summed E-state index contributed by atoms with van der Waals surface area (Å²) in [6, 6.07) is 7.38. The lowest BCUT2D eigenvalue weighted by Gasteiger charge is -2.37. The number of fused-ring (bicyclic) bond motifs is 1. The van der Waals surface area contributed by atoms with E-state index in [0.717, 1.165) is 24.2 Å². The quantitative estimate of drug-likeness (QED) is 0.329. The number of hydrogen-bond acceptors (Lipinski definition) is 2. The fraction of sp³-hybridized carbons (Fsp3) is 0.429. The van der Waals surface area contributed by atoms with Crippen molar-refractivity contribution in [3.05, 3.63) is 68.3 Å². The molecule has 0 N–H and O–H groups in total. The van der Waals surface area contributed by atoms with Gasteiger partial charge in [-0.15, -0.1) is 0 Å². The lowest BCUT2D eigenvalue weighted by atomic mass is 9.83. The van der Waals surface area contributed by atoms with Gasteiger partial charge in [-0.1, -0.05) is 30.1 Å². The molecule has 4 nitrogen and oxygen atoms in total. The van der Waals surface area contributed by atoms with Crippen molar-refractivity contribution in [2.24, 2.45) is 18.9 Å². The smallest absolute Gasteiger partial charge is 0.347 e. The van der Waals surface area contributed by atoms with Crippen LogP contribution in [0.2, 0.25) is 10.0 Å². The Morgan fingerprint density at radius 3 is 2.46 bits per heavy atom. The number of benzene rings is 2. The number of alkyl halides is 3. The summed E-state index contributed by atoms with van der Waals surface area (Å²) in [7, 11) is 1.71. The number of rotatable bonds is 5. The van der Waals surface area contributed by atoms with Crippen molar-refractivity contribution >= 4 is 45.8 Å². The van der Waals surface area contributed by atoms with Crippen LogP contribution in [0.3, 0.4) is 0 Å². The van der Waals surface area contributed by atoms with Crippen LogP contribution >= 0.6 is 23.2 Å². The molecule has 2 aromatic carbocycles. The van der Waals surface area contributed by atoms with E-state index in [1.165, 1.54) is 0 Å². The topological polar surface area (TPSA) is 42.3 Å². The predicted molar refractivity (Wildman–Crippen MR) is 140 cm³/mol. The molecule has 2 unspecified atom stereocenters. The first-order valence-corrected chi connectivity index (χ1v) is 12.9. The Kier molecular flexibility index (Phi) is 7.69. The maximum Gasteiger partial charge on any atom is 0.416 e. The maximum atomic E-state index is 13.4. The summed E-state index contributed by atoms with van der Waals surface area (Å²) in [4.78, 5) is 26.7. The normalized spacial score (nSPS) is 18.5. The summed E-state index contributed by atoms with van der Waals surface area (Å²) in [5, 5.41) is 1.34. The fourth-order valence-corrected chi connectivity index (χ4v) is 5.91. The molecular formula is C28H29Cl2F3N2O2. The first-order chi connectivity index (χ1) is 17.3. The van der Waals surface area contributed by atoms with Crippen molar-refractivity contribution in [2.45, 2.75) is 46.2 Å². The molecule has 198 valence electrons. The lowest BCUT2D eigenvalue weighted by Crippen LogP contribution is -2.43. The number of aryl methyl sites for hydroxylation is 2. The SMILES string of the molecule is CC(=O)CC1CCN(C(=O)c2ccc(Cl)c(Cc3cc4c(C)cc(C(F)(F)F)cc4n3C)c2Cl)CC1C. The van der Waals surface area contributed by atoms with Crippen LogP contribution in [0.15, 0.2) is 30.3 Å². The van der Waals surface area contributed by atoms with Gasteiger partial charge in [-0.2, -0.15) is 13.2 Å². The molecule has 0 spiro atoms. The van der Waals surface area contributed by atoms with Crippen LogP contribution in [-0.2, 0) is 24.4 Å². The van der Waals surface area contributed by atoms with Crippen molar-refractivity contribution in [1.29, 1.82) is 0 Å². The molecule has 1 saturated heterocycles. The number of ketones is 1. The van der Waals surface area contributed by atoms with Gasteiger partial charge in [0.25, 0.3) is 5.91 Å². The van der Waals surface area contributed by atoms with Gasteiger partial charge in [0, 0.05) is 54.6 Å². The second-order valence-electron chi connectivity index (χ2n) is 10.2. The van der Waals surface area contributed by atoms with Gasteiger partial charge < -0.3 is 14.3 Å². The first-order valence-electron chi connectivity index (χ1n) is 12.2. The second-order valence-corrected chi connectivity index (χ2v) is 11.0. The Morgan fingerprint density at radius 2 is 1.84 bits per heavy atom. The minimum absolute atomic E-state index is 0.153. The minimum Gasteiger partial charge on any atom is -0.347 e. The molecule has 4 rings (SSSR count). The Hall–Kier alpha value is -2.51. The third-order valence-corrected chi connectivity index (χ3v) is 8.28. The van der Waals surface area contributed by atoms with Gasteiger partial charge >= 0.3 is 6.18 Å². The third kappa shape index (κ3) is 5.53. The van der Waals surface area contributed by atoms with Crippen molar-refractivity contribution in [3.8, 4) is 0 Å². The van der Waals surface area contributed by atoms with Gasteiger partial charge in [-0.05, 0) is 73.6 Å². The zero-order valence-corrected chi connectivity index (χ0v) is 22.7. The van der Waals surface area contributed by atoms with Crippen LogP contribution in [-0.4, -0.2) is 34.2 Å². The van der Waals surface area contributed by atoms with Gasteiger partial charge in [0.1, 0.15) is 5.78 Å². The van der Waals surface area contributed by atoms with E-state index in [0.29, 0.717) is 52.1 Å². The van der Waals surface area contributed by atoms with Crippen molar-refractivity contribution in [1.82, 2.24) is 9.47 Å². The number of amides is 1. The summed E-state index contributed by atoms with van der Waals surface area (Å²) < 4.78 is 41.8. The number of aromatic nitrogens is 1. The second kappa shape index (κ2) is 10.3. The first kappa shape index (κ1) is 27.5. The van der Waals surface area contributed by atoms with Crippen molar-refractivity contribution in [2.75, 3.05) is 13.1 Å². The Morgan fingerprint density at radius 1 is 1.14 bits per heavy atom. The van der Waals surface area contributed by atoms with E-state index in [9.17, 15) is 22.8 Å². The molecule has 0 bridgehead atoms. The number of carbonyl (C=O) groups is 2. The summed E-state index contributed by atoms with van der Waals surface area (Å²) in [6.07, 6.45) is -2.92. The largest absolute Gasteiger partial charge is 0.416 e. The molecule has 37 heavy (non-hydrogen) atoms. The maximum absolute atomic E-state index is 13.4. The number of Topliss-reactive ketones (excluding diaryl/α,β-unsaturated/α-hetero) is 1. The molecule has 3 aromatic rings. The van der Waals surface area contributed by atoms with E-state index < -0.39 is 11.7 Å². The highest BCUT2D eigenvalue weighted by Crippen LogP contribution is 2.37. The zero-order chi connectivity index (χ0) is 27.2. The Labute approximate surface area is 224 Å². The average Bonchev–Trinajstić information content (AvgIpc) is 3.12. The van der Waals surface area contributed by atoms with E-state index >= 15 is 0 Å². The van der Waals surface area contributed by atoms with Crippen LogP contribution in [0.5, 0.6) is 0 Å². The molecule has 0 aliphatic carbocycles. The molecule has 0 radical (unpaired) electrons. The lowest BCUT2D eigenvalue weighted by molar-refractivity contribution is -0.137. The van der Waals surface area contributed by atoms with Gasteiger partial charge in [-0.25, -0.2) is 0 Å². The summed E-state index contributed by atoms with van der Waals surface area (Å²) in [5.41, 5.74) is 1.90.